The van der Waals surface area contributed by atoms with Crippen LogP contribution >= 0.6 is 0 Å². The second-order valence-corrected chi connectivity index (χ2v) is 5.63. The Balaban J connectivity index is 0.00000163. The highest BCUT2D eigenvalue weighted by Crippen LogP contribution is 2.10. The molecule has 7 nitrogen and oxygen atoms in total. The minimum atomic E-state index is -0.336. The number of nitriles is 1. The fourth-order valence-corrected chi connectivity index (χ4v) is 2.06. The lowest BCUT2D eigenvalue weighted by Crippen LogP contribution is -2.49. The Hall–Kier alpha value is -3.21. The third-order valence-corrected chi connectivity index (χ3v) is 3.10. The maximum atomic E-state index is 12.2. The quantitative estimate of drug-likeness (QED) is 0.775. The highest BCUT2D eigenvalue weighted by atomic mass is 19.1. The van der Waals surface area contributed by atoms with Gasteiger partial charge >= 0.3 is 6.03 Å². The first-order valence-corrected chi connectivity index (χ1v) is 8.05. The molecule has 0 aliphatic carbocycles. The highest BCUT2D eigenvalue weighted by Gasteiger charge is 2.14. The predicted molar refractivity (Wildman–Crippen MR) is 97.8 cm³/mol. The summed E-state index contributed by atoms with van der Waals surface area (Å²) in [6.07, 6.45) is 1.50. The maximum absolute atomic E-state index is 12.2. The van der Waals surface area contributed by atoms with Crippen LogP contribution in [0.25, 0.3) is 0 Å². The standard InChI is InChI=1S/C17H20N6O.CH3F/c1-13(2)12-23(16-8-9-19-15(10-18)21-16)22-17(24)20-11-14-6-4-3-5-7-14;1-2/h3-9,13H,11-12H2,1-2H3,(H2,20,22,24);1H3. The van der Waals surface area contributed by atoms with E-state index in [0.717, 1.165) is 5.56 Å². The van der Waals surface area contributed by atoms with E-state index in [4.69, 9.17) is 5.26 Å². The van der Waals surface area contributed by atoms with E-state index in [-0.39, 0.29) is 11.9 Å². The van der Waals surface area contributed by atoms with Gasteiger partial charge in [0.1, 0.15) is 6.07 Å². The fraction of sp³-hybridized carbons (Fsp3) is 0.333. The SMILES string of the molecule is CC(C)CN(NC(=O)NCc1ccccc1)c1ccnc(C#N)n1.CF. The van der Waals surface area contributed by atoms with Gasteiger partial charge in [-0.05, 0) is 11.5 Å². The monoisotopic (exact) mass is 358 g/mol. The van der Waals surface area contributed by atoms with Crippen LogP contribution in [-0.2, 0) is 6.54 Å². The molecule has 0 unspecified atom stereocenters. The third kappa shape index (κ3) is 7.13. The predicted octanol–water partition coefficient (Wildman–Crippen LogP) is 2.81. The summed E-state index contributed by atoms with van der Waals surface area (Å²) in [6, 6.07) is 12.9. The molecule has 2 aromatic rings. The van der Waals surface area contributed by atoms with Crippen molar-refractivity contribution < 1.29 is 9.18 Å². The molecular formula is C18H23FN6O. The van der Waals surface area contributed by atoms with Crippen LogP contribution in [0.1, 0.15) is 25.2 Å². The zero-order chi connectivity index (χ0) is 19.4. The zero-order valence-corrected chi connectivity index (χ0v) is 15.1. The number of carbonyl (C=O) groups is 1. The molecule has 0 bridgehead atoms. The molecule has 0 saturated carbocycles. The first-order valence-electron chi connectivity index (χ1n) is 8.05. The van der Waals surface area contributed by atoms with Crippen LogP contribution in [0.4, 0.5) is 15.0 Å². The molecular weight excluding hydrogens is 335 g/mol. The van der Waals surface area contributed by atoms with Gasteiger partial charge in [0.05, 0.1) is 7.18 Å². The van der Waals surface area contributed by atoms with Gasteiger partial charge in [-0.2, -0.15) is 10.2 Å². The number of rotatable bonds is 6. The molecule has 0 fully saturated rings. The second-order valence-electron chi connectivity index (χ2n) is 5.63. The van der Waals surface area contributed by atoms with Gasteiger partial charge in [-0.1, -0.05) is 44.2 Å². The molecule has 2 N–H and O–H groups in total. The third-order valence-electron chi connectivity index (χ3n) is 3.10. The van der Waals surface area contributed by atoms with Gasteiger partial charge in [-0.15, -0.1) is 0 Å². The molecule has 0 aliphatic heterocycles. The lowest BCUT2D eigenvalue weighted by atomic mass is 10.2. The summed E-state index contributed by atoms with van der Waals surface area (Å²) in [5, 5.41) is 13.3. The van der Waals surface area contributed by atoms with E-state index in [0.29, 0.717) is 32.0 Å². The van der Waals surface area contributed by atoms with Gasteiger partial charge in [0, 0.05) is 25.4 Å². The number of urea groups is 1. The van der Waals surface area contributed by atoms with Crippen LogP contribution in [-0.4, -0.2) is 29.7 Å². The van der Waals surface area contributed by atoms with E-state index in [2.05, 4.69) is 20.7 Å². The largest absolute Gasteiger partial charge is 0.333 e. The number of hydrogen-bond donors (Lipinski definition) is 2. The van der Waals surface area contributed by atoms with Crippen molar-refractivity contribution in [1.29, 1.82) is 5.26 Å². The van der Waals surface area contributed by atoms with E-state index < -0.39 is 0 Å². The summed E-state index contributed by atoms with van der Waals surface area (Å²) >= 11 is 0. The Morgan fingerprint density at radius 1 is 1.27 bits per heavy atom. The topological polar surface area (TPSA) is 93.9 Å². The van der Waals surface area contributed by atoms with Gasteiger partial charge in [-0.3, -0.25) is 9.40 Å². The molecule has 8 heteroatoms. The van der Waals surface area contributed by atoms with Crippen LogP contribution < -0.4 is 15.8 Å². The molecule has 2 rings (SSSR count). The van der Waals surface area contributed by atoms with Crippen molar-refractivity contribution in [3.8, 4) is 6.07 Å². The number of carbonyl (C=O) groups excluding carboxylic acids is 1. The molecule has 0 atom stereocenters. The Kier molecular flexibility index (Phi) is 9.10. The average Bonchev–Trinajstić information content (AvgIpc) is 2.68. The molecule has 138 valence electrons. The summed E-state index contributed by atoms with van der Waals surface area (Å²) in [7, 11) is 0.500. The van der Waals surface area contributed by atoms with Crippen LogP contribution in [0.5, 0.6) is 0 Å². The van der Waals surface area contributed by atoms with Crippen molar-refractivity contribution in [2.24, 2.45) is 5.92 Å². The Bertz CT molecular complexity index is 717. The van der Waals surface area contributed by atoms with Crippen molar-refractivity contribution in [3.63, 3.8) is 0 Å². The summed E-state index contributed by atoms with van der Waals surface area (Å²) in [5.74, 6) is 0.831. The van der Waals surface area contributed by atoms with Crippen molar-refractivity contribution in [3.05, 3.63) is 54.0 Å². The highest BCUT2D eigenvalue weighted by molar-refractivity contribution is 5.75. The number of aromatic nitrogens is 2. The van der Waals surface area contributed by atoms with E-state index in [1.807, 2.05) is 50.2 Å². The number of hydrogen-bond acceptors (Lipinski definition) is 5. The van der Waals surface area contributed by atoms with Crippen molar-refractivity contribution in [2.45, 2.75) is 20.4 Å². The number of alkyl halides is 1. The first-order chi connectivity index (χ1) is 12.6. The van der Waals surface area contributed by atoms with E-state index in [1.165, 1.54) is 6.20 Å². The lowest BCUT2D eigenvalue weighted by molar-refractivity contribution is 0.239. The van der Waals surface area contributed by atoms with E-state index in [9.17, 15) is 9.18 Å². The number of nitrogens with one attached hydrogen (secondary N) is 2. The smallest absolute Gasteiger partial charge is 0.333 e. The minimum Gasteiger partial charge on any atom is -0.333 e. The maximum Gasteiger partial charge on any atom is 0.333 e. The summed E-state index contributed by atoms with van der Waals surface area (Å²) < 4.78 is 9.50. The van der Waals surface area contributed by atoms with Crippen LogP contribution in [0, 0.1) is 17.2 Å². The summed E-state index contributed by atoms with van der Waals surface area (Å²) in [4.78, 5) is 20.1. The van der Waals surface area contributed by atoms with Crippen LogP contribution in [0.2, 0.25) is 0 Å². The molecule has 1 heterocycles. The summed E-state index contributed by atoms with van der Waals surface area (Å²) in [6.45, 7) is 5.04. The van der Waals surface area contributed by atoms with Gasteiger partial charge in [0.15, 0.2) is 5.82 Å². The molecule has 0 spiro atoms. The Labute approximate surface area is 152 Å². The summed E-state index contributed by atoms with van der Waals surface area (Å²) in [5.41, 5.74) is 3.78. The number of amides is 2. The molecule has 0 radical (unpaired) electrons. The molecule has 26 heavy (non-hydrogen) atoms. The molecule has 0 saturated heterocycles. The fourth-order valence-electron chi connectivity index (χ4n) is 2.06. The normalized spacial score (nSPS) is 9.54. The molecule has 0 aliphatic rings. The molecule has 1 aromatic carbocycles. The Morgan fingerprint density at radius 2 is 1.96 bits per heavy atom. The number of anilines is 1. The Morgan fingerprint density at radius 3 is 2.58 bits per heavy atom. The van der Waals surface area contributed by atoms with Crippen LogP contribution in [0.15, 0.2) is 42.6 Å². The number of benzene rings is 1. The number of hydrazine groups is 1. The molecule has 2 amide bonds. The van der Waals surface area contributed by atoms with E-state index >= 15 is 0 Å². The minimum absolute atomic E-state index is 0.0627. The van der Waals surface area contributed by atoms with Crippen molar-refractivity contribution in [1.82, 2.24) is 20.7 Å². The van der Waals surface area contributed by atoms with E-state index in [1.54, 1.807) is 11.1 Å². The first kappa shape index (κ1) is 20.8. The lowest BCUT2D eigenvalue weighted by Gasteiger charge is -2.26. The number of nitrogens with zero attached hydrogens (tertiary/aromatic N) is 4. The van der Waals surface area contributed by atoms with Gasteiger partial charge in [0.2, 0.25) is 5.82 Å². The van der Waals surface area contributed by atoms with Crippen LogP contribution in [0.3, 0.4) is 0 Å². The molecule has 1 aromatic heterocycles. The zero-order valence-electron chi connectivity index (χ0n) is 15.1. The van der Waals surface area contributed by atoms with Gasteiger partial charge in [0.25, 0.3) is 0 Å². The van der Waals surface area contributed by atoms with Crippen molar-refractivity contribution >= 4 is 11.8 Å². The van der Waals surface area contributed by atoms with Gasteiger partial charge < -0.3 is 5.32 Å². The average molecular weight is 358 g/mol. The second kappa shape index (κ2) is 11.4. The van der Waals surface area contributed by atoms with Gasteiger partial charge in [-0.25, -0.2) is 15.2 Å². The van der Waals surface area contributed by atoms with Crippen molar-refractivity contribution in [2.75, 3.05) is 18.7 Å². The number of halogens is 1.